The Bertz CT molecular complexity index is 1030. The Morgan fingerprint density at radius 3 is 2.68 bits per heavy atom. The second kappa shape index (κ2) is 6.41. The van der Waals surface area contributed by atoms with E-state index in [2.05, 4.69) is 15.5 Å². The molecule has 6 nitrogen and oxygen atoms in total. The van der Waals surface area contributed by atoms with Crippen LogP contribution < -0.4 is 5.32 Å². The number of fused-ring (bicyclic) bond motifs is 1. The summed E-state index contributed by atoms with van der Waals surface area (Å²) in [5.74, 6) is -0.0849. The topological polar surface area (TPSA) is 77.2 Å². The lowest BCUT2D eigenvalue weighted by atomic mass is 9.53. The summed E-state index contributed by atoms with van der Waals surface area (Å²) < 4.78 is 10.8. The van der Waals surface area contributed by atoms with Crippen LogP contribution in [0.4, 0.5) is 0 Å². The highest BCUT2D eigenvalue weighted by Gasteiger charge is 2.53. The Morgan fingerprint density at radius 1 is 1.21 bits per heavy atom. The van der Waals surface area contributed by atoms with Crippen LogP contribution in [0.25, 0.3) is 22.4 Å². The second-order valence-electron chi connectivity index (χ2n) is 8.21. The molecule has 28 heavy (non-hydrogen) atoms. The van der Waals surface area contributed by atoms with Gasteiger partial charge in [-0.3, -0.25) is 4.79 Å². The van der Waals surface area contributed by atoms with Crippen molar-refractivity contribution in [3.8, 4) is 11.3 Å². The summed E-state index contributed by atoms with van der Waals surface area (Å²) in [6, 6.07) is 11.9. The van der Waals surface area contributed by atoms with E-state index in [0.29, 0.717) is 39.6 Å². The first-order valence-corrected chi connectivity index (χ1v) is 9.73. The first-order valence-electron chi connectivity index (χ1n) is 9.73. The fourth-order valence-corrected chi connectivity index (χ4v) is 4.79. The van der Waals surface area contributed by atoms with E-state index in [0.717, 1.165) is 31.2 Å². The molecule has 2 aromatic heterocycles. The third-order valence-electron chi connectivity index (χ3n) is 6.28. The highest BCUT2D eigenvalue weighted by Crippen LogP contribution is 2.56. The molecular formula is C22H23N3O3. The summed E-state index contributed by atoms with van der Waals surface area (Å²) in [5.41, 5.74) is 3.69. The number of carbonyl (C=O) groups is 1. The van der Waals surface area contributed by atoms with Gasteiger partial charge in [0.05, 0.1) is 28.4 Å². The normalized spacial score (nSPS) is 26.1. The van der Waals surface area contributed by atoms with Crippen molar-refractivity contribution >= 4 is 17.0 Å². The molecule has 1 spiro atoms. The molecule has 1 aromatic carbocycles. The molecule has 1 N–H and O–H groups in total. The molecule has 144 valence electrons. The van der Waals surface area contributed by atoms with E-state index in [1.165, 1.54) is 0 Å². The van der Waals surface area contributed by atoms with Gasteiger partial charge < -0.3 is 14.6 Å². The molecule has 0 radical (unpaired) electrons. The van der Waals surface area contributed by atoms with Gasteiger partial charge in [0.25, 0.3) is 11.6 Å². The van der Waals surface area contributed by atoms with E-state index < -0.39 is 0 Å². The molecule has 6 heteroatoms. The Hall–Kier alpha value is -2.73. The highest BCUT2D eigenvalue weighted by atomic mass is 16.5. The number of hydrogen-bond donors (Lipinski definition) is 1. The van der Waals surface area contributed by atoms with E-state index in [1.54, 1.807) is 7.11 Å². The van der Waals surface area contributed by atoms with E-state index in [4.69, 9.17) is 9.26 Å². The Labute approximate surface area is 163 Å². The molecule has 2 aliphatic rings. The third kappa shape index (κ3) is 2.79. The van der Waals surface area contributed by atoms with E-state index in [1.807, 2.05) is 43.3 Å². The van der Waals surface area contributed by atoms with Crippen molar-refractivity contribution < 1.29 is 14.1 Å². The predicted octanol–water partition coefficient (Wildman–Crippen LogP) is 3.89. The van der Waals surface area contributed by atoms with Gasteiger partial charge in [0.2, 0.25) is 0 Å². The fourth-order valence-electron chi connectivity index (χ4n) is 4.79. The first kappa shape index (κ1) is 17.4. The summed E-state index contributed by atoms with van der Waals surface area (Å²) in [4.78, 5) is 17.7. The number of amides is 1. The van der Waals surface area contributed by atoms with Gasteiger partial charge in [-0.1, -0.05) is 35.5 Å². The minimum atomic E-state index is -0.0849. The van der Waals surface area contributed by atoms with Crippen molar-refractivity contribution in [3.63, 3.8) is 0 Å². The number of nitrogens with zero attached hydrogens (tertiary/aromatic N) is 2. The maximum atomic E-state index is 13.1. The molecule has 0 unspecified atom stereocenters. The zero-order chi connectivity index (χ0) is 19.3. The van der Waals surface area contributed by atoms with Gasteiger partial charge in [-0.15, -0.1) is 0 Å². The monoisotopic (exact) mass is 377 g/mol. The molecule has 3 aromatic rings. The van der Waals surface area contributed by atoms with Crippen molar-refractivity contribution in [2.24, 2.45) is 5.41 Å². The number of pyridine rings is 1. The lowest BCUT2D eigenvalue weighted by Crippen LogP contribution is -2.58. The molecule has 5 rings (SSSR count). The lowest BCUT2D eigenvalue weighted by molar-refractivity contribution is -0.112. The number of benzene rings is 1. The zero-order valence-corrected chi connectivity index (χ0v) is 16.1. The largest absolute Gasteiger partial charge is 0.381 e. The molecule has 2 saturated carbocycles. The quantitative estimate of drug-likeness (QED) is 0.746. The van der Waals surface area contributed by atoms with Gasteiger partial charge in [0, 0.05) is 18.7 Å². The van der Waals surface area contributed by atoms with Crippen molar-refractivity contribution in [2.45, 2.75) is 44.8 Å². The Balaban J connectivity index is 1.40. The maximum Gasteiger partial charge on any atom is 0.259 e. The molecule has 2 fully saturated rings. The van der Waals surface area contributed by atoms with Crippen LogP contribution in [0.15, 0.2) is 40.9 Å². The van der Waals surface area contributed by atoms with Crippen molar-refractivity contribution in [1.29, 1.82) is 0 Å². The van der Waals surface area contributed by atoms with Gasteiger partial charge >= 0.3 is 0 Å². The molecular weight excluding hydrogens is 354 g/mol. The number of carbonyl (C=O) groups excluding carboxylic acids is 1. The summed E-state index contributed by atoms with van der Waals surface area (Å²) in [5, 5.41) is 7.91. The summed E-state index contributed by atoms with van der Waals surface area (Å²) in [7, 11) is 1.77. The molecule has 2 aliphatic carbocycles. The summed E-state index contributed by atoms with van der Waals surface area (Å²) in [6.45, 7) is 1.84. The molecule has 0 saturated heterocycles. The standard InChI is InChI=1S/C22H23N3O3/c1-13-19-17(20(26)23-15-9-22(10-15)11-16(12-22)27-2)8-18(24-21(19)28-25-13)14-6-4-3-5-7-14/h3-8,15-16H,9-12H2,1-2H3,(H,23,26). The second-order valence-corrected chi connectivity index (χ2v) is 8.21. The Morgan fingerprint density at radius 2 is 1.96 bits per heavy atom. The average molecular weight is 377 g/mol. The van der Waals surface area contributed by atoms with E-state index >= 15 is 0 Å². The van der Waals surface area contributed by atoms with Crippen LogP contribution in [-0.4, -0.2) is 35.3 Å². The number of methoxy groups -OCH3 is 1. The van der Waals surface area contributed by atoms with Crippen molar-refractivity contribution in [2.75, 3.05) is 7.11 Å². The van der Waals surface area contributed by atoms with Crippen molar-refractivity contribution in [3.05, 3.63) is 47.7 Å². The van der Waals surface area contributed by atoms with Gasteiger partial charge in [-0.25, -0.2) is 4.98 Å². The van der Waals surface area contributed by atoms with E-state index in [-0.39, 0.29) is 11.9 Å². The molecule has 2 heterocycles. The van der Waals surface area contributed by atoms with E-state index in [9.17, 15) is 4.79 Å². The van der Waals surface area contributed by atoms with Gasteiger partial charge in [0.15, 0.2) is 0 Å². The SMILES string of the molecule is COC1CC2(CC(NC(=O)c3cc(-c4ccccc4)nc4onc(C)c34)C2)C1. The molecule has 0 aliphatic heterocycles. The van der Waals surface area contributed by atoms with Crippen LogP contribution in [0, 0.1) is 12.3 Å². The minimum absolute atomic E-state index is 0.0849. The highest BCUT2D eigenvalue weighted by molar-refractivity contribution is 6.07. The first-order chi connectivity index (χ1) is 13.6. The van der Waals surface area contributed by atoms with Crippen LogP contribution in [0.2, 0.25) is 0 Å². The van der Waals surface area contributed by atoms with Gasteiger partial charge in [-0.2, -0.15) is 0 Å². The van der Waals surface area contributed by atoms with Crippen LogP contribution in [0.1, 0.15) is 41.7 Å². The minimum Gasteiger partial charge on any atom is -0.381 e. The maximum absolute atomic E-state index is 13.1. The summed E-state index contributed by atoms with van der Waals surface area (Å²) in [6.07, 6.45) is 4.67. The number of rotatable bonds is 4. The molecule has 0 atom stereocenters. The van der Waals surface area contributed by atoms with Crippen LogP contribution in [-0.2, 0) is 4.74 Å². The predicted molar refractivity (Wildman–Crippen MR) is 105 cm³/mol. The van der Waals surface area contributed by atoms with Crippen molar-refractivity contribution in [1.82, 2.24) is 15.5 Å². The fraction of sp³-hybridized carbons (Fsp3) is 0.409. The average Bonchev–Trinajstić information content (AvgIpc) is 3.03. The molecule has 1 amide bonds. The van der Waals surface area contributed by atoms with Gasteiger partial charge in [0.1, 0.15) is 0 Å². The Kier molecular flexibility index (Phi) is 3.98. The van der Waals surface area contributed by atoms with Crippen LogP contribution in [0.5, 0.6) is 0 Å². The van der Waals surface area contributed by atoms with Crippen LogP contribution >= 0.6 is 0 Å². The smallest absolute Gasteiger partial charge is 0.259 e. The van der Waals surface area contributed by atoms with Crippen LogP contribution in [0.3, 0.4) is 0 Å². The molecule has 0 bridgehead atoms. The number of aromatic nitrogens is 2. The number of nitrogens with one attached hydrogen (secondary N) is 1. The number of ether oxygens (including phenoxy) is 1. The lowest BCUT2D eigenvalue weighted by Gasteiger charge is -2.57. The number of hydrogen-bond acceptors (Lipinski definition) is 5. The third-order valence-corrected chi connectivity index (χ3v) is 6.28. The number of aryl methyl sites for hydroxylation is 1. The van der Waals surface area contributed by atoms with Gasteiger partial charge in [-0.05, 0) is 44.1 Å². The summed E-state index contributed by atoms with van der Waals surface area (Å²) >= 11 is 0. The zero-order valence-electron chi connectivity index (χ0n) is 16.1.